The molecule has 0 aliphatic heterocycles. The van der Waals surface area contributed by atoms with E-state index >= 15 is 0 Å². The lowest BCUT2D eigenvalue weighted by molar-refractivity contribution is -0.384. The molecule has 0 saturated carbocycles. The largest absolute Gasteiger partial charge is 0.480 e. The Morgan fingerprint density at radius 3 is 2.43 bits per heavy atom. The number of carbonyl (C=O) groups excluding carboxylic acids is 1. The number of aliphatic carboxylic acids is 1. The van der Waals surface area contributed by atoms with Gasteiger partial charge in [-0.25, -0.2) is 9.59 Å². The number of anilines is 1. The molecule has 0 saturated heterocycles. The minimum atomic E-state index is -1.16. The van der Waals surface area contributed by atoms with Gasteiger partial charge >= 0.3 is 12.0 Å². The van der Waals surface area contributed by atoms with Crippen molar-refractivity contribution in [1.29, 1.82) is 0 Å². The maximum absolute atomic E-state index is 11.8. The number of rotatable bonds is 4. The summed E-state index contributed by atoms with van der Waals surface area (Å²) in [6.07, 6.45) is 0. The molecule has 0 spiro atoms. The predicted molar refractivity (Wildman–Crippen MR) is 76.1 cm³/mol. The van der Waals surface area contributed by atoms with Crippen LogP contribution in [0, 0.1) is 15.5 Å². The fraction of sp³-hybridized carbons (Fsp3) is 0.385. The molecule has 3 N–H and O–H groups in total. The number of urea groups is 1. The van der Waals surface area contributed by atoms with E-state index in [0.717, 1.165) is 0 Å². The van der Waals surface area contributed by atoms with Crippen LogP contribution in [-0.4, -0.2) is 28.1 Å². The molecule has 1 aromatic rings. The van der Waals surface area contributed by atoms with Crippen molar-refractivity contribution in [2.75, 3.05) is 5.32 Å². The average molecular weight is 295 g/mol. The molecule has 114 valence electrons. The van der Waals surface area contributed by atoms with Crippen LogP contribution >= 0.6 is 0 Å². The van der Waals surface area contributed by atoms with E-state index in [9.17, 15) is 19.7 Å². The molecule has 1 aromatic carbocycles. The van der Waals surface area contributed by atoms with E-state index in [1.165, 1.54) is 24.3 Å². The standard InChI is InChI=1S/C13H17N3O5/c1-13(2,3)10(11(17)18)15-12(19)14-8-5-4-6-9(7-8)16(20)21/h4-7,10H,1-3H3,(H,17,18)(H2,14,15,19)/t10-/m1/s1. The van der Waals surface area contributed by atoms with Gasteiger partial charge in [-0.3, -0.25) is 10.1 Å². The molecule has 0 bridgehead atoms. The number of amides is 2. The van der Waals surface area contributed by atoms with Crippen LogP contribution in [0.4, 0.5) is 16.2 Å². The SMILES string of the molecule is CC(C)(C)[C@H](NC(=O)Nc1cccc([N+](=O)[O-])c1)C(=O)O. The van der Waals surface area contributed by atoms with Crippen LogP contribution in [0.2, 0.25) is 0 Å². The molecule has 0 fully saturated rings. The molecule has 21 heavy (non-hydrogen) atoms. The molecule has 1 rings (SSSR count). The van der Waals surface area contributed by atoms with Crippen LogP contribution in [0.1, 0.15) is 20.8 Å². The first-order valence-electron chi connectivity index (χ1n) is 6.16. The summed E-state index contributed by atoms with van der Waals surface area (Å²) in [6, 6.07) is 3.55. The van der Waals surface area contributed by atoms with Gasteiger partial charge in [0.15, 0.2) is 0 Å². The minimum absolute atomic E-state index is 0.168. The Balaban J connectivity index is 2.79. The quantitative estimate of drug-likeness (QED) is 0.580. The molecule has 0 unspecified atom stereocenters. The monoisotopic (exact) mass is 295 g/mol. The third-order valence-electron chi connectivity index (χ3n) is 2.70. The number of carboxylic acid groups (broad SMARTS) is 1. The third kappa shape index (κ3) is 4.75. The number of nitro benzene ring substituents is 1. The lowest BCUT2D eigenvalue weighted by Crippen LogP contribution is -2.50. The zero-order valence-electron chi connectivity index (χ0n) is 11.9. The maximum atomic E-state index is 11.8. The predicted octanol–water partition coefficient (Wildman–Crippen LogP) is 2.22. The molecular weight excluding hydrogens is 278 g/mol. The van der Waals surface area contributed by atoms with Crippen LogP contribution in [0.3, 0.4) is 0 Å². The lowest BCUT2D eigenvalue weighted by atomic mass is 9.87. The first-order chi connectivity index (χ1) is 9.61. The normalized spacial score (nSPS) is 12.3. The van der Waals surface area contributed by atoms with Crippen LogP contribution in [-0.2, 0) is 4.79 Å². The van der Waals surface area contributed by atoms with Crippen LogP contribution in [0.5, 0.6) is 0 Å². The number of carboxylic acids is 1. The van der Waals surface area contributed by atoms with E-state index in [1.54, 1.807) is 20.8 Å². The van der Waals surface area contributed by atoms with E-state index in [4.69, 9.17) is 5.11 Å². The summed E-state index contributed by atoms with van der Waals surface area (Å²) in [5.41, 5.74) is -0.635. The zero-order valence-corrected chi connectivity index (χ0v) is 11.9. The average Bonchev–Trinajstić information content (AvgIpc) is 2.34. The Bertz CT molecular complexity index is 565. The second-order valence-electron chi connectivity index (χ2n) is 5.54. The molecule has 0 aromatic heterocycles. The van der Waals surface area contributed by atoms with Crippen molar-refractivity contribution in [2.45, 2.75) is 26.8 Å². The zero-order chi connectivity index (χ0) is 16.2. The van der Waals surface area contributed by atoms with E-state index < -0.39 is 28.4 Å². The Morgan fingerprint density at radius 1 is 1.33 bits per heavy atom. The van der Waals surface area contributed by atoms with Gasteiger partial charge in [-0.15, -0.1) is 0 Å². The Hall–Kier alpha value is -2.64. The van der Waals surface area contributed by atoms with E-state index in [0.29, 0.717) is 0 Å². The highest BCUT2D eigenvalue weighted by Crippen LogP contribution is 2.20. The molecule has 2 amide bonds. The first-order valence-corrected chi connectivity index (χ1v) is 6.16. The van der Waals surface area contributed by atoms with Crippen LogP contribution in [0.15, 0.2) is 24.3 Å². The second kappa shape index (κ2) is 6.21. The fourth-order valence-electron chi connectivity index (χ4n) is 1.64. The number of benzene rings is 1. The maximum Gasteiger partial charge on any atom is 0.326 e. The van der Waals surface area contributed by atoms with Gasteiger partial charge in [0.05, 0.1) is 4.92 Å². The van der Waals surface area contributed by atoms with Gasteiger partial charge in [0.1, 0.15) is 6.04 Å². The van der Waals surface area contributed by atoms with Crippen LogP contribution in [0.25, 0.3) is 0 Å². The highest BCUT2D eigenvalue weighted by atomic mass is 16.6. The van der Waals surface area contributed by atoms with Crippen molar-refractivity contribution in [1.82, 2.24) is 5.32 Å². The van der Waals surface area contributed by atoms with Crippen molar-refractivity contribution < 1.29 is 19.6 Å². The first kappa shape index (κ1) is 16.4. The smallest absolute Gasteiger partial charge is 0.326 e. The topological polar surface area (TPSA) is 122 Å². The number of nitrogens with one attached hydrogen (secondary N) is 2. The molecule has 8 heteroatoms. The molecule has 0 aliphatic rings. The molecule has 0 aliphatic carbocycles. The number of carbonyl (C=O) groups is 2. The number of nitro groups is 1. The summed E-state index contributed by atoms with van der Waals surface area (Å²) in [7, 11) is 0. The molecule has 0 radical (unpaired) electrons. The summed E-state index contributed by atoms with van der Waals surface area (Å²) in [6.45, 7) is 5.04. The van der Waals surface area contributed by atoms with Crippen molar-refractivity contribution in [3.05, 3.63) is 34.4 Å². The summed E-state index contributed by atoms with van der Waals surface area (Å²) < 4.78 is 0. The third-order valence-corrected chi connectivity index (χ3v) is 2.70. The Morgan fingerprint density at radius 2 is 1.95 bits per heavy atom. The van der Waals surface area contributed by atoms with Crippen molar-refractivity contribution in [2.24, 2.45) is 5.41 Å². The fourth-order valence-corrected chi connectivity index (χ4v) is 1.64. The van der Waals surface area contributed by atoms with Gasteiger partial charge in [0, 0.05) is 17.8 Å². The summed E-state index contributed by atoms with van der Waals surface area (Å²) in [5, 5.41) is 24.5. The summed E-state index contributed by atoms with van der Waals surface area (Å²) in [5.74, 6) is -1.16. The summed E-state index contributed by atoms with van der Waals surface area (Å²) >= 11 is 0. The number of hydrogen-bond donors (Lipinski definition) is 3. The molecule has 8 nitrogen and oxygen atoms in total. The number of non-ortho nitro benzene ring substituents is 1. The van der Waals surface area contributed by atoms with Gasteiger partial charge in [0.25, 0.3) is 5.69 Å². The van der Waals surface area contributed by atoms with E-state index in [1.807, 2.05) is 0 Å². The molecular formula is C13H17N3O5. The van der Waals surface area contributed by atoms with E-state index in [2.05, 4.69) is 10.6 Å². The lowest BCUT2D eigenvalue weighted by Gasteiger charge is -2.27. The minimum Gasteiger partial charge on any atom is -0.480 e. The van der Waals surface area contributed by atoms with Gasteiger partial charge in [0.2, 0.25) is 0 Å². The number of nitrogens with zero attached hydrogens (tertiary/aromatic N) is 1. The number of hydrogen-bond acceptors (Lipinski definition) is 4. The van der Waals surface area contributed by atoms with E-state index in [-0.39, 0.29) is 11.4 Å². The van der Waals surface area contributed by atoms with Crippen LogP contribution < -0.4 is 10.6 Å². The van der Waals surface area contributed by atoms with Crippen molar-refractivity contribution in [3.8, 4) is 0 Å². The Kier molecular flexibility index (Phi) is 4.85. The second-order valence-corrected chi connectivity index (χ2v) is 5.54. The highest BCUT2D eigenvalue weighted by Gasteiger charge is 2.32. The van der Waals surface area contributed by atoms with Gasteiger partial charge in [-0.1, -0.05) is 26.8 Å². The van der Waals surface area contributed by atoms with Crippen molar-refractivity contribution >= 4 is 23.4 Å². The van der Waals surface area contributed by atoms with Gasteiger partial charge in [-0.2, -0.15) is 0 Å². The highest BCUT2D eigenvalue weighted by molar-refractivity contribution is 5.92. The van der Waals surface area contributed by atoms with Crippen molar-refractivity contribution in [3.63, 3.8) is 0 Å². The summed E-state index contributed by atoms with van der Waals surface area (Å²) in [4.78, 5) is 33.0. The van der Waals surface area contributed by atoms with Gasteiger partial charge in [-0.05, 0) is 11.5 Å². The molecule has 0 heterocycles. The van der Waals surface area contributed by atoms with Gasteiger partial charge < -0.3 is 15.7 Å². The Labute approximate surface area is 121 Å². The molecule has 1 atom stereocenters.